The van der Waals surface area contributed by atoms with Crippen LogP contribution in [0.5, 0.6) is 11.5 Å². The maximum atomic E-state index is 13.6. The molecule has 4 rings (SSSR count). The van der Waals surface area contributed by atoms with Crippen molar-refractivity contribution in [3.8, 4) is 22.9 Å². The first-order valence-electron chi connectivity index (χ1n) is 11.5. The van der Waals surface area contributed by atoms with E-state index in [2.05, 4.69) is 40.9 Å². The molecule has 35 heavy (non-hydrogen) atoms. The van der Waals surface area contributed by atoms with Gasteiger partial charge in [0.25, 0.3) is 5.56 Å². The molecule has 0 saturated carbocycles. The zero-order valence-corrected chi connectivity index (χ0v) is 22.1. The first kappa shape index (κ1) is 24.7. The minimum atomic E-state index is -0.228. The molecule has 1 heterocycles. The van der Waals surface area contributed by atoms with E-state index in [0.717, 1.165) is 38.2 Å². The molecule has 0 atom stereocenters. The topological polar surface area (TPSA) is 65.7 Å². The lowest BCUT2D eigenvalue weighted by atomic mass is 9.96. The summed E-state index contributed by atoms with van der Waals surface area (Å²) < 4.78 is 13.4. The van der Waals surface area contributed by atoms with Crippen molar-refractivity contribution in [2.45, 2.75) is 33.6 Å². The van der Waals surface area contributed by atoms with Gasteiger partial charge in [-0.1, -0.05) is 26.0 Å². The van der Waals surface area contributed by atoms with E-state index in [0.29, 0.717) is 23.3 Å². The number of hydrogen-bond acceptors (Lipinski definition) is 5. The van der Waals surface area contributed by atoms with Gasteiger partial charge in [-0.05, 0) is 94.9 Å². The van der Waals surface area contributed by atoms with Crippen LogP contribution in [0.2, 0.25) is 0 Å². The molecular weight excluding hydrogens is 506 g/mol. The molecule has 0 aliphatic rings. The van der Waals surface area contributed by atoms with Gasteiger partial charge in [-0.3, -0.25) is 4.79 Å². The lowest BCUT2D eigenvalue weighted by molar-refractivity contribution is 0.335. The maximum Gasteiger partial charge on any atom is 0.282 e. The molecule has 0 bridgehead atoms. The fourth-order valence-electron chi connectivity index (χ4n) is 3.96. The van der Waals surface area contributed by atoms with Crippen molar-refractivity contribution in [1.82, 2.24) is 9.66 Å². The summed E-state index contributed by atoms with van der Waals surface area (Å²) in [6, 6.07) is 17.0. The normalized spacial score (nSPS) is 11.5. The summed E-state index contributed by atoms with van der Waals surface area (Å²) >= 11 is 3.50. The molecule has 1 aromatic heterocycles. The fraction of sp³-hybridized carbons (Fsp3) is 0.250. The lowest BCUT2D eigenvalue weighted by Gasteiger charge is -2.18. The van der Waals surface area contributed by atoms with Gasteiger partial charge < -0.3 is 9.47 Å². The summed E-state index contributed by atoms with van der Waals surface area (Å²) in [5.41, 5.74) is 4.07. The van der Waals surface area contributed by atoms with E-state index in [1.165, 1.54) is 4.68 Å². The van der Waals surface area contributed by atoms with E-state index >= 15 is 0 Å². The summed E-state index contributed by atoms with van der Waals surface area (Å²) in [6.07, 6.45) is 1.65. The van der Waals surface area contributed by atoms with Gasteiger partial charge in [-0.15, -0.1) is 0 Å². The third-order valence-corrected chi connectivity index (χ3v) is 6.39. The summed E-state index contributed by atoms with van der Waals surface area (Å²) in [6.45, 7) is 8.80. The highest BCUT2D eigenvalue weighted by Gasteiger charge is 2.18. The van der Waals surface area contributed by atoms with E-state index in [4.69, 9.17) is 14.5 Å². The Bertz CT molecular complexity index is 1470. The standard InChI is InChI=1S/C28H28BrN3O3/c1-6-35-26-13-18(4)22(15-21(26)17(2)3)27-31-24-10-8-7-9-20(24)28(33)32(27)30-16-19-11-12-25(34-5)23(29)14-19/h7-17H,6H2,1-5H3. The number of hydrogen-bond donors (Lipinski definition) is 0. The van der Waals surface area contributed by atoms with Gasteiger partial charge >= 0.3 is 0 Å². The Kier molecular flexibility index (Phi) is 7.36. The second-order valence-electron chi connectivity index (χ2n) is 8.50. The molecule has 0 aliphatic heterocycles. The molecule has 0 N–H and O–H groups in total. The van der Waals surface area contributed by atoms with Crippen LogP contribution in [0.15, 0.2) is 69.0 Å². The number of para-hydroxylation sites is 1. The Balaban J connectivity index is 1.95. The number of halogens is 1. The minimum Gasteiger partial charge on any atom is -0.496 e. The number of aromatic nitrogens is 2. The van der Waals surface area contributed by atoms with Crippen LogP contribution in [0.25, 0.3) is 22.3 Å². The molecule has 3 aromatic carbocycles. The van der Waals surface area contributed by atoms with Gasteiger partial charge in [0.2, 0.25) is 0 Å². The molecule has 0 amide bonds. The predicted molar refractivity (Wildman–Crippen MR) is 145 cm³/mol. The average Bonchev–Trinajstić information content (AvgIpc) is 2.83. The highest BCUT2D eigenvalue weighted by molar-refractivity contribution is 9.10. The van der Waals surface area contributed by atoms with E-state index in [-0.39, 0.29) is 11.5 Å². The third kappa shape index (κ3) is 5.00. The van der Waals surface area contributed by atoms with Crippen LogP contribution in [0.4, 0.5) is 0 Å². The molecule has 0 unspecified atom stereocenters. The molecule has 0 radical (unpaired) electrons. The van der Waals surface area contributed by atoms with Crippen molar-refractivity contribution in [3.05, 3.63) is 86.1 Å². The van der Waals surface area contributed by atoms with Gasteiger partial charge in [0, 0.05) is 5.56 Å². The van der Waals surface area contributed by atoms with Gasteiger partial charge in [-0.2, -0.15) is 9.78 Å². The zero-order chi connectivity index (χ0) is 25.1. The van der Waals surface area contributed by atoms with Crippen LogP contribution in [0, 0.1) is 6.92 Å². The van der Waals surface area contributed by atoms with Crippen molar-refractivity contribution in [1.29, 1.82) is 0 Å². The Morgan fingerprint density at radius 3 is 2.57 bits per heavy atom. The summed E-state index contributed by atoms with van der Waals surface area (Å²) in [7, 11) is 1.62. The fourth-order valence-corrected chi connectivity index (χ4v) is 4.52. The van der Waals surface area contributed by atoms with Crippen molar-refractivity contribution in [3.63, 3.8) is 0 Å². The van der Waals surface area contributed by atoms with Crippen LogP contribution < -0.4 is 15.0 Å². The third-order valence-electron chi connectivity index (χ3n) is 5.77. The number of nitrogens with zero attached hydrogens (tertiary/aromatic N) is 3. The number of benzene rings is 3. The first-order chi connectivity index (χ1) is 16.8. The number of ether oxygens (including phenoxy) is 2. The van der Waals surface area contributed by atoms with Gasteiger partial charge in [-0.25, -0.2) is 4.98 Å². The maximum absolute atomic E-state index is 13.6. The van der Waals surface area contributed by atoms with Crippen molar-refractivity contribution in [2.75, 3.05) is 13.7 Å². The lowest BCUT2D eigenvalue weighted by Crippen LogP contribution is -2.20. The summed E-state index contributed by atoms with van der Waals surface area (Å²) in [5, 5.41) is 5.11. The summed E-state index contributed by atoms with van der Waals surface area (Å²) in [4.78, 5) is 18.4. The zero-order valence-electron chi connectivity index (χ0n) is 20.5. The number of fused-ring (bicyclic) bond motifs is 1. The smallest absolute Gasteiger partial charge is 0.282 e. The molecule has 6 nitrogen and oxygen atoms in total. The second kappa shape index (κ2) is 10.4. The molecule has 4 aromatic rings. The molecular formula is C28H28BrN3O3. The van der Waals surface area contributed by atoms with Gasteiger partial charge in [0.1, 0.15) is 11.5 Å². The van der Waals surface area contributed by atoms with Crippen LogP contribution in [0.1, 0.15) is 43.4 Å². The summed E-state index contributed by atoms with van der Waals surface area (Å²) in [5.74, 6) is 2.29. The van der Waals surface area contributed by atoms with E-state index in [9.17, 15) is 4.79 Å². The van der Waals surface area contributed by atoms with E-state index in [1.807, 2.05) is 56.3 Å². The Hall–Kier alpha value is -3.45. The quantitative estimate of drug-likeness (QED) is 0.252. The first-order valence-corrected chi connectivity index (χ1v) is 12.3. The van der Waals surface area contributed by atoms with Crippen LogP contribution in [0.3, 0.4) is 0 Å². The van der Waals surface area contributed by atoms with Gasteiger partial charge in [0.15, 0.2) is 5.82 Å². The van der Waals surface area contributed by atoms with Crippen LogP contribution in [-0.4, -0.2) is 29.6 Å². The highest BCUT2D eigenvalue weighted by atomic mass is 79.9. The van der Waals surface area contributed by atoms with E-state index < -0.39 is 0 Å². The monoisotopic (exact) mass is 533 g/mol. The second-order valence-corrected chi connectivity index (χ2v) is 9.36. The van der Waals surface area contributed by atoms with Crippen LogP contribution >= 0.6 is 15.9 Å². The number of rotatable bonds is 7. The molecule has 0 fully saturated rings. The average molecular weight is 534 g/mol. The van der Waals surface area contributed by atoms with Crippen LogP contribution in [-0.2, 0) is 0 Å². The molecule has 7 heteroatoms. The molecule has 0 spiro atoms. The van der Waals surface area contributed by atoms with Crippen molar-refractivity contribution < 1.29 is 9.47 Å². The Morgan fingerprint density at radius 1 is 1.11 bits per heavy atom. The number of aryl methyl sites for hydroxylation is 1. The largest absolute Gasteiger partial charge is 0.496 e. The predicted octanol–water partition coefficient (Wildman–Crippen LogP) is 6.55. The highest BCUT2D eigenvalue weighted by Crippen LogP contribution is 2.34. The molecule has 0 saturated heterocycles. The van der Waals surface area contributed by atoms with Gasteiger partial charge in [0.05, 0.1) is 35.3 Å². The SMILES string of the molecule is CCOc1cc(C)c(-c2nc3ccccc3c(=O)n2N=Cc2ccc(OC)c(Br)c2)cc1C(C)C. The minimum absolute atomic E-state index is 0.228. The molecule has 180 valence electrons. The van der Waals surface area contributed by atoms with Crippen molar-refractivity contribution >= 4 is 33.0 Å². The van der Waals surface area contributed by atoms with E-state index in [1.54, 1.807) is 19.4 Å². The number of methoxy groups -OCH3 is 1. The Labute approximate surface area is 213 Å². The Morgan fingerprint density at radius 2 is 1.89 bits per heavy atom. The van der Waals surface area contributed by atoms with Crippen molar-refractivity contribution in [2.24, 2.45) is 5.10 Å². The molecule has 0 aliphatic carbocycles.